The number of thioether (sulfide) groups is 1. The van der Waals surface area contributed by atoms with Gasteiger partial charge in [-0.2, -0.15) is 0 Å². The Hall–Kier alpha value is -2.91. The topological polar surface area (TPSA) is 80.3 Å². The number of thiazole rings is 1. The lowest BCUT2D eigenvalue weighted by Crippen LogP contribution is -2.14. The van der Waals surface area contributed by atoms with Gasteiger partial charge < -0.3 is 15.4 Å². The van der Waals surface area contributed by atoms with Gasteiger partial charge in [-0.25, -0.2) is 9.37 Å². The van der Waals surface area contributed by atoms with Crippen LogP contribution in [0.15, 0.2) is 58.3 Å². The second kappa shape index (κ2) is 10.7. The number of rotatable bonds is 9. The van der Waals surface area contributed by atoms with Crippen molar-refractivity contribution >= 4 is 46.3 Å². The molecule has 2 aromatic carbocycles. The third kappa shape index (κ3) is 6.85. The zero-order valence-electron chi connectivity index (χ0n) is 16.2. The number of anilines is 2. The van der Waals surface area contributed by atoms with Crippen LogP contribution in [0.1, 0.15) is 12.6 Å². The number of halogens is 1. The van der Waals surface area contributed by atoms with Crippen molar-refractivity contribution in [1.82, 2.24) is 4.98 Å². The fourth-order valence-electron chi connectivity index (χ4n) is 2.46. The minimum atomic E-state index is -0.357. The summed E-state index contributed by atoms with van der Waals surface area (Å²) in [6, 6.07) is 12.7. The van der Waals surface area contributed by atoms with Gasteiger partial charge in [0.2, 0.25) is 11.8 Å². The average Bonchev–Trinajstić information content (AvgIpc) is 3.17. The quantitative estimate of drug-likeness (QED) is 0.471. The molecule has 2 N–H and O–H groups in total. The molecule has 0 spiro atoms. The molecule has 156 valence electrons. The molecule has 3 rings (SSSR count). The summed E-state index contributed by atoms with van der Waals surface area (Å²) in [5, 5.41) is 7.32. The molecule has 0 bridgehead atoms. The molecule has 0 aliphatic rings. The Labute approximate surface area is 181 Å². The summed E-state index contributed by atoms with van der Waals surface area (Å²) in [4.78, 5) is 28.6. The molecule has 0 aliphatic carbocycles. The van der Waals surface area contributed by atoms with Crippen molar-refractivity contribution in [3.05, 3.63) is 65.4 Å². The van der Waals surface area contributed by atoms with E-state index in [-0.39, 0.29) is 29.8 Å². The summed E-state index contributed by atoms with van der Waals surface area (Å²) in [5.74, 6) is 0.180. The molecular weight excluding hydrogens is 425 g/mol. The maximum Gasteiger partial charge on any atom is 0.234 e. The van der Waals surface area contributed by atoms with E-state index in [0.717, 1.165) is 5.75 Å². The van der Waals surface area contributed by atoms with Gasteiger partial charge in [-0.1, -0.05) is 11.8 Å². The Bertz CT molecular complexity index is 991. The Morgan fingerprint density at radius 1 is 1.03 bits per heavy atom. The third-order valence-corrected chi connectivity index (χ3v) is 5.85. The lowest BCUT2D eigenvalue weighted by atomic mass is 10.2. The van der Waals surface area contributed by atoms with Crippen LogP contribution in [0, 0.1) is 5.82 Å². The van der Waals surface area contributed by atoms with Gasteiger partial charge in [0.1, 0.15) is 11.6 Å². The molecule has 3 aromatic rings. The van der Waals surface area contributed by atoms with E-state index in [1.54, 1.807) is 29.6 Å². The van der Waals surface area contributed by atoms with Crippen molar-refractivity contribution in [2.75, 3.05) is 23.0 Å². The standard InChI is InChI=1S/C21H20FN3O3S2/c1-2-28-18-9-7-16(8-10-18)23-19(26)11-17-12-29-21(25-17)30-13-20(27)24-15-5-3-14(22)4-6-15/h3-10,12H,2,11,13H2,1H3,(H,23,26)(H,24,27). The summed E-state index contributed by atoms with van der Waals surface area (Å²) in [7, 11) is 0. The highest BCUT2D eigenvalue weighted by atomic mass is 32.2. The Morgan fingerprint density at radius 2 is 1.67 bits per heavy atom. The fourth-order valence-corrected chi connectivity index (χ4v) is 4.11. The van der Waals surface area contributed by atoms with E-state index in [1.807, 2.05) is 6.92 Å². The smallest absolute Gasteiger partial charge is 0.234 e. The van der Waals surface area contributed by atoms with Crippen molar-refractivity contribution < 1.29 is 18.7 Å². The van der Waals surface area contributed by atoms with Crippen molar-refractivity contribution in [3.63, 3.8) is 0 Å². The average molecular weight is 446 g/mol. The van der Waals surface area contributed by atoms with Crippen LogP contribution in [0.3, 0.4) is 0 Å². The van der Waals surface area contributed by atoms with E-state index in [4.69, 9.17) is 4.74 Å². The molecule has 2 amide bonds. The largest absolute Gasteiger partial charge is 0.494 e. The third-order valence-electron chi connectivity index (χ3n) is 3.78. The molecule has 9 heteroatoms. The maximum atomic E-state index is 12.9. The van der Waals surface area contributed by atoms with Gasteiger partial charge in [0.05, 0.1) is 24.5 Å². The van der Waals surface area contributed by atoms with Gasteiger partial charge in [-0.05, 0) is 55.5 Å². The van der Waals surface area contributed by atoms with Crippen LogP contribution in [0.4, 0.5) is 15.8 Å². The second-order valence-electron chi connectivity index (χ2n) is 6.13. The first kappa shape index (κ1) is 21.8. The highest BCUT2D eigenvalue weighted by molar-refractivity contribution is 8.01. The van der Waals surface area contributed by atoms with Crippen LogP contribution in [0.2, 0.25) is 0 Å². The van der Waals surface area contributed by atoms with Crippen molar-refractivity contribution in [2.24, 2.45) is 0 Å². The molecule has 6 nitrogen and oxygen atoms in total. The van der Waals surface area contributed by atoms with E-state index in [2.05, 4.69) is 15.6 Å². The highest BCUT2D eigenvalue weighted by Crippen LogP contribution is 2.23. The zero-order valence-corrected chi connectivity index (χ0v) is 17.8. The molecule has 1 heterocycles. The Kier molecular flexibility index (Phi) is 7.81. The molecule has 30 heavy (non-hydrogen) atoms. The highest BCUT2D eigenvalue weighted by Gasteiger charge is 2.11. The van der Waals surface area contributed by atoms with E-state index < -0.39 is 0 Å². The van der Waals surface area contributed by atoms with Gasteiger partial charge in [0.25, 0.3) is 0 Å². The SMILES string of the molecule is CCOc1ccc(NC(=O)Cc2csc(SCC(=O)Nc3ccc(F)cc3)n2)cc1. The van der Waals surface area contributed by atoms with E-state index in [0.29, 0.717) is 28.0 Å². The van der Waals surface area contributed by atoms with Crippen LogP contribution in [-0.4, -0.2) is 29.2 Å². The number of nitrogens with one attached hydrogen (secondary N) is 2. The molecular formula is C21H20FN3O3S2. The van der Waals surface area contributed by atoms with Crippen LogP contribution < -0.4 is 15.4 Å². The van der Waals surface area contributed by atoms with E-state index in [9.17, 15) is 14.0 Å². The van der Waals surface area contributed by atoms with Crippen molar-refractivity contribution in [3.8, 4) is 5.75 Å². The minimum absolute atomic E-state index is 0.145. The minimum Gasteiger partial charge on any atom is -0.494 e. The predicted octanol–water partition coefficient (Wildman–Crippen LogP) is 4.59. The van der Waals surface area contributed by atoms with Crippen molar-refractivity contribution in [1.29, 1.82) is 0 Å². The Morgan fingerprint density at radius 3 is 2.33 bits per heavy atom. The van der Waals surface area contributed by atoms with Gasteiger partial charge >= 0.3 is 0 Å². The van der Waals surface area contributed by atoms with Crippen LogP contribution in [0.25, 0.3) is 0 Å². The van der Waals surface area contributed by atoms with Gasteiger partial charge in [-0.3, -0.25) is 9.59 Å². The molecule has 0 saturated heterocycles. The van der Waals surface area contributed by atoms with Gasteiger partial charge in [0.15, 0.2) is 4.34 Å². The zero-order chi connectivity index (χ0) is 21.3. The molecule has 0 aliphatic heterocycles. The predicted molar refractivity (Wildman–Crippen MR) is 118 cm³/mol. The molecule has 0 saturated carbocycles. The molecule has 0 radical (unpaired) electrons. The van der Waals surface area contributed by atoms with Crippen molar-refractivity contribution in [2.45, 2.75) is 17.7 Å². The fraction of sp³-hybridized carbons (Fsp3) is 0.190. The summed E-state index contributed by atoms with van der Waals surface area (Å²) < 4.78 is 19.0. The Balaban J connectivity index is 1.44. The number of amides is 2. The second-order valence-corrected chi connectivity index (χ2v) is 8.21. The van der Waals surface area contributed by atoms with E-state index >= 15 is 0 Å². The first-order valence-electron chi connectivity index (χ1n) is 9.17. The maximum absolute atomic E-state index is 12.9. The molecule has 0 fully saturated rings. The summed E-state index contributed by atoms with van der Waals surface area (Å²) in [6.07, 6.45) is 0.145. The van der Waals surface area contributed by atoms with Gasteiger partial charge in [0, 0.05) is 16.8 Å². The number of carbonyl (C=O) groups excluding carboxylic acids is 2. The summed E-state index contributed by atoms with van der Waals surface area (Å²) in [6.45, 7) is 2.50. The van der Waals surface area contributed by atoms with Crippen LogP contribution in [0.5, 0.6) is 5.75 Å². The first-order chi connectivity index (χ1) is 14.5. The number of benzene rings is 2. The van der Waals surface area contributed by atoms with Crippen LogP contribution in [-0.2, 0) is 16.0 Å². The first-order valence-corrected chi connectivity index (χ1v) is 11.0. The van der Waals surface area contributed by atoms with Gasteiger partial charge in [-0.15, -0.1) is 11.3 Å². The molecule has 0 unspecified atom stereocenters. The number of ether oxygens (including phenoxy) is 1. The number of nitrogens with zero attached hydrogens (tertiary/aromatic N) is 1. The number of hydrogen-bond donors (Lipinski definition) is 2. The number of carbonyl (C=O) groups is 2. The normalized spacial score (nSPS) is 10.5. The lowest BCUT2D eigenvalue weighted by molar-refractivity contribution is -0.116. The number of aromatic nitrogens is 1. The number of hydrogen-bond acceptors (Lipinski definition) is 6. The van der Waals surface area contributed by atoms with Crippen LogP contribution >= 0.6 is 23.1 Å². The molecule has 0 atom stereocenters. The summed E-state index contributed by atoms with van der Waals surface area (Å²) in [5.41, 5.74) is 1.86. The molecule has 1 aromatic heterocycles. The summed E-state index contributed by atoms with van der Waals surface area (Å²) >= 11 is 2.67. The van der Waals surface area contributed by atoms with E-state index in [1.165, 1.54) is 47.4 Å². The lowest BCUT2D eigenvalue weighted by Gasteiger charge is -2.06. The monoisotopic (exact) mass is 445 g/mol.